The molecular weight excluding hydrogens is 224 g/mol. The quantitative estimate of drug-likeness (QED) is 0.893. The van der Waals surface area contributed by atoms with Crippen LogP contribution >= 0.6 is 0 Å². The largest absolute Gasteiger partial charge is 0.311 e. The predicted molar refractivity (Wildman–Crippen MR) is 73.3 cm³/mol. The van der Waals surface area contributed by atoms with E-state index in [0.29, 0.717) is 5.41 Å². The van der Waals surface area contributed by atoms with Crippen LogP contribution in [0.1, 0.15) is 59.1 Å². The van der Waals surface area contributed by atoms with Gasteiger partial charge in [0.2, 0.25) is 0 Å². The lowest BCUT2D eigenvalue weighted by Crippen LogP contribution is -2.29. The summed E-state index contributed by atoms with van der Waals surface area (Å²) < 4.78 is 1.93. The maximum absolute atomic E-state index is 4.22. The fraction of sp³-hybridized carbons (Fsp3) is 0.857. The van der Waals surface area contributed by atoms with Crippen LogP contribution < -0.4 is 5.32 Å². The Balaban J connectivity index is 1.82. The van der Waals surface area contributed by atoms with Crippen LogP contribution in [0.5, 0.6) is 0 Å². The number of rotatable bonds is 4. The molecule has 0 atom stereocenters. The molecule has 1 N–H and O–H groups in total. The van der Waals surface area contributed by atoms with Gasteiger partial charge in [-0.2, -0.15) is 0 Å². The summed E-state index contributed by atoms with van der Waals surface area (Å²) >= 11 is 0. The monoisotopic (exact) mass is 250 g/mol. The summed E-state index contributed by atoms with van der Waals surface area (Å²) in [4.78, 5) is 0. The summed E-state index contributed by atoms with van der Waals surface area (Å²) in [6, 6.07) is 0. The maximum Gasteiger partial charge on any atom is 0.0965 e. The highest BCUT2D eigenvalue weighted by atomic mass is 15.4. The van der Waals surface area contributed by atoms with E-state index in [4.69, 9.17) is 0 Å². The highest BCUT2D eigenvalue weighted by Crippen LogP contribution is 2.36. The summed E-state index contributed by atoms with van der Waals surface area (Å²) in [5.74, 6) is 0. The summed E-state index contributed by atoms with van der Waals surface area (Å²) in [6.45, 7) is 10.7. The van der Waals surface area contributed by atoms with Gasteiger partial charge in [0.25, 0.3) is 0 Å². The smallest absolute Gasteiger partial charge is 0.0965 e. The van der Waals surface area contributed by atoms with E-state index < -0.39 is 0 Å². The summed E-state index contributed by atoms with van der Waals surface area (Å²) in [7, 11) is 0. The Morgan fingerprint density at radius 1 is 1.33 bits per heavy atom. The SMILES string of the molecule is CC1(CNCc2cn(C(C)(C)C)nn2)CCCC1. The first-order valence-electron chi connectivity index (χ1n) is 7.02. The first kappa shape index (κ1) is 13.5. The molecule has 18 heavy (non-hydrogen) atoms. The molecule has 1 aliphatic carbocycles. The molecule has 4 nitrogen and oxygen atoms in total. The molecule has 1 heterocycles. The van der Waals surface area contributed by atoms with Gasteiger partial charge in [0.1, 0.15) is 0 Å². The van der Waals surface area contributed by atoms with E-state index in [0.717, 1.165) is 18.8 Å². The average molecular weight is 250 g/mol. The number of hydrogen-bond donors (Lipinski definition) is 1. The van der Waals surface area contributed by atoms with Gasteiger partial charge in [0.05, 0.1) is 17.4 Å². The first-order valence-corrected chi connectivity index (χ1v) is 7.02. The minimum absolute atomic E-state index is 0.0165. The van der Waals surface area contributed by atoms with E-state index in [-0.39, 0.29) is 5.54 Å². The zero-order valence-electron chi connectivity index (χ0n) is 12.2. The number of aromatic nitrogens is 3. The van der Waals surface area contributed by atoms with Crippen molar-refractivity contribution < 1.29 is 0 Å². The van der Waals surface area contributed by atoms with Crippen molar-refractivity contribution in [1.82, 2.24) is 20.3 Å². The van der Waals surface area contributed by atoms with Crippen LogP contribution in [0.3, 0.4) is 0 Å². The van der Waals surface area contributed by atoms with Crippen LogP contribution in [0.2, 0.25) is 0 Å². The number of hydrogen-bond acceptors (Lipinski definition) is 3. The Hall–Kier alpha value is -0.900. The lowest BCUT2D eigenvalue weighted by Gasteiger charge is -2.23. The molecule has 1 saturated carbocycles. The molecule has 1 fully saturated rings. The van der Waals surface area contributed by atoms with Gasteiger partial charge in [0.15, 0.2) is 0 Å². The molecule has 0 aliphatic heterocycles. The molecule has 102 valence electrons. The van der Waals surface area contributed by atoms with Crippen LogP contribution in [0.25, 0.3) is 0 Å². The highest BCUT2D eigenvalue weighted by Gasteiger charge is 2.27. The molecule has 0 saturated heterocycles. The Bertz CT molecular complexity index is 383. The van der Waals surface area contributed by atoms with Crippen molar-refractivity contribution in [3.63, 3.8) is 0 Å². The van der Waals surface area contributed by atoms with Crippen LogP contribution in [-0.4, -0.2) is 21.5 Å². The second-order valence-electron chi connectivity index (χ2n) is 6.95. The highest BCUT2D eigenvalue weighted by molar-refractivity contribution is 4.94. The van der Waals surface area contributed by atoms with E-state index in [1.807, 2.05) is 10.9 Å². The van der Waals surface area contributed by atoms with E-state index in [1.165, 1.54) is 25.7 Å². The van der Waals surface area contributed by atoms with Crippen molar-refractivity contribution in [2.45, 2.75) is 65.5 Å². The standard InChI is InChI=1S/C14H26N4/c1-13(2,3)18-10-12(16-17-18)9-15-11-14(4)7-5-6-8-14/h10,15H,5-9,11H2,1-4H3. The third-order valence-electron chi connectivity index (χ3n) is 3.90. The lowest BCUT2D eigenvalue weighted by molar-refractivity contribution is 0.314. The molecule has 1 aromatic rings. The van der Waals surface area contributed by atoms with Crippen LogP contribution in [0.15, 0.2) is 6.20 Å². The van der Waals surface area contributed by atoms with E-state index in [2.05, 4.69) is 43.3 Å². The van der Waals surface area contributed by atoms with Crippen LogP contribution in [0, 0.1) is 5.41 Å². The molecule has 0 amide bonds. The van der Waals surface area contributed by atoms with Crippen molar-refractivity contribution in [1.29, 1.82) is 0 Å². The van der Waals surface area contributed by atoms with Crippen molar-refractivity contribution in [2.75, 3.05) is 6.54 Å². The Kier molecular flexibility index (Phi) is 3.76. The molecule has 0 bridgehead atoms. The molecule has 1 aliphatic rings. The van der Waals surface area contributed by atoms with E-state index in [1.54, 1.807) is 0 Å². The van der Waals surface area contributed by atoms with Gasteiger partial charge in [-0.15, -0.1) is 5.10 Å². The lowest BCUT2D eigenvalue weighted by atomic mass is 9.89. The van der Waals surface area contributed by atoms with Crippen molar-refractivity contribution in [3.8, 4) is 0 Å². The molecular formula is C14H26N4. The third-order valence-corrected chi connectivity index (χ3v) is 3.90. The van der Waals surface area contributed by atoms with Crippen LogP contribution in [-0.2, 0) is 12.1 Å². The minimum Gasteiger partial charge on any atom is -0.311 e. The molecule has 0 spiro atoms. The number of nitrogens with zero attached hydrogens (tertiary/aromatic N) is 3. The number of nitrogens with one attached hydrogen (secondary N) is 1. The second kappa shape index (κ2) is 5.00. The van der Waals surface area contributed by atoms with Gasteiger partial charge < -0.3 is 5.32 Å². The maximum atomic E-state index is 4.22. The van der Waals surface area contributed by atoms with Crippen molar-refractivity contribution >= 4 is 0 Å². The summed E-state index contributed by atoms with van der Waals surface area (Å²) in [5.41, 5.74) is 1.55. The van der Waals surface area contributed by atoms with Crippen LogP contribution in [0.4, 0.5) is 0 Å². The molecule has 0 radical (unpaired) electrons. The second-order valence-corrected chi connectivity index (χ2v) is 6.95. The first-order chi connectivity index (χ1) is 8.39. The minimum atomic E-state index is 0.0165. The third kappa shape index (κ3) is 3.31. The Labute approximate surface area is 110 Å². The molecule has 0 aromatic carbocycles. The van der Waals surface area contributed by atoms with Crippen molar-refractivity contribution in [2.24, 2.45) is 5.41 Å². The average Bonchev–Trinajstić information content (AvgIpc) is 2.87. The zero-order chi connectivity index (χ0) is 13.2. The van der Waals surface area contributed by atoms with E-state index >= 15 is 0 Å². The van der Waals surface area contributed by atoms with Gasteiger partial charge in [0, 0.05) is 13.1 Å². The Morgan fingerprint density at radius 2 is 2.00 bits per heavy atom. The summed E-state index contributed by atoms with van der Waals surface area (Å²) in [6.07, 6.45) is 7.53. The van der Waals surface area contributed by atoms with Gasteiger partial charge in [-0.25, -0.2) is 4.68 Å². The molecule has 1 aromatic heterocycles. The fourth-order valence-electron chi connectivity index (χ4n) is 2.60. The molecule has 0 unspecified atom stereocenters. The predicted octanol–water partition coefficient (Wildman–Crippen LogP) is 2.70. The zero-order valence-corrected chi connectivity index (χ0v) is 12.2. The molecule has 4 heteroatoms. The van der Waals surface area contributed by atoms with E-state index in [9.17, 15) is 0 Å². The Morgan fingerprint density at radius 3 is 2.56 bits per heavy atom. The van der Waals surface area contributed by atoms with Crippen molar-refractivity contribution in [3.05, 3.63) is 11.9 Å². The summed E-state index contributed by atoms with van der Waals surface area (Å²) in [5, 5.41) is 11.9. The fourth-order valence-corrected chi connectivity index (χ4v) is 2.60. The van der Waals surface area contributed by atoms with Gasteiger partial charge in [-0.3, -0.25) is 0 Å². The molecule has 2 rings (SSSR count). The van der Waals surface area contributed by atoms with Gasteiger partial charge in [-0.05, 0) is 39.0 Å². The van der Waals surface area contributed by atoms with Gasteiger partial charge in [-0.1, -0.05) is 25.0 Å². The topological polar surface area (TPSA) is 42.7 Å². The normalized spacial score (nSPS) is 19.3. The van der Waals surface area contributed by atoms with Gasteiger partial charge >= 0.3 is 0 Å².